The third-order valence-electron chi connectivity index (χ3n) is 4.82. The summed E-state index contributed by atoms with van der Waals surface area (Å²) in [6.07, 6.45) is 0. The Kier molecular flexibility index (Phi) is 4.95. The van der Waals surface area contributed by atoms with Crippen molar-refractivity contribution in [1.82, 2.24) is 0 Å². The number of carbonyl (C=O) groups is 2. The zero-order valence-corrected chi connectivity index (χ0v) is 16.7. The van der Waals surface area contributed by atoms with Gasteiger partial charge in [-0.2, -0.15) is 0 Å². The molecule has 144 valence electrons. The predicted octanol–water partition coefficient (Wildman–Crippen LogP) is 6.19. The molecular weight excluding hydrogens is 386 g/mol. The van der Waals surface area contributed by atoms with E-state index in [0.717, 1.165) is 16.5 Å². The molecule has 0 atom stereocenters. The minimum absolute atomic E-state index is 0.204. The van der Waals surface area contributed by atoms with Gasteiger partial charge >= 0.3 is 0 Å². The smallest absolute Gasteiger partial charge is 0.255 e. The van der Waals surface area contributed by atoms with Crippen molar-refractivity contribution in [2.75, 3.05) is 5.32 Å². The van der Waals surface area contributed by atoms with E-state index < -0.39 is 0 Å². The number of aryl methyl sites for hydroxylation is 2. The van der Waals surface area contributed by atoms with Crippen LogP contribution in [0.25, 0.3) is 11.0 Å². The molecule has 4 nitrogen and oxygen atoms in total. The molecule has 5 heteroatoms. The van der Waals surface area contributed by atoms with Gasteiger partial charge < -0.3 is 9.73 Å². The van der Waals surface area contributed by atoms with E-state index in [0.29, 0.717) is 27.4 Å². The summed E-state index contributed by atoms with van der Waals surface area (Å²) < 4.78 is 5.86. The lowest BCUT2D eigenvalue weighted by Crippen LogP contribution is -2.11. The van der Waals surface area contributed by atoms with E-state index in [1.54, 1.807) is 48.5 Å². The number of ketones is 1. The first-order valence-electron chi connectivity index (χ1n) is 9.14. The third kappa shape index (κ3) is 3.80. The number of hydrogen-bond donors (Lipinski definition) is 1. The van der Waals surface area contributed by atoms with Crippen molar-refractivity contribution in [2.24, 2.45) is 0 Å². The van der Waals surface area contributed by atoms with Crippen molar-refractivity contribution in [3.8, 4) is 0 Å². The van der Waals surface area contributed by atoms with Crippen molar-refractivity contribution < 1.29 is 14.0 Å². The van der Waals surface area contributed by atoms with Gasteiger partial charge in [0.2, 0.25) is 5.78 Å². The number of hydrogen-bond acceptors (Lipinski definition) is 3. The lowest BCUT2D eigenvalue weighted by molar-refractivity contribution is 0.101. The molecule has 0 aliphatic rings. The fourth-order valence-electron chi connectivity index (χ4n) is 3.16. The summed E-state index contributed by atoms with van der Waals surface area (Å²) in [5.74, 6) is -0.130. The minimum atomic E-state index is -0.208. The van der Waals surface area contributed by atoms with E-state index in [4.69, 9.17) is 16.0 Å². The van der Waals surface area contributed by atoms with Gasteiger partial charge in [0.15, 0.2) is 5.76 Å². The van der Waals surface area contributed by atoms with Crippen molar-refractivity contribution in [2.45, 2.75) is 13.8 Å². The first-order chi connectivity index (χ1) is 13.9. The Hall–Kier alpha value is -3.37. The molecule has 1 amide bonds. The standard InChI is InChI=1S/C24H18ClNO3/c1-14-3-5-17(6-4-14)24(28)26-19-11-12-20-15(2)23(29-21(20)13-19)22(27)16-7-9-18(25)10-8-16/h3-13H,1-2H3,(H,26,28). The molecule has 0 radical (unpaired) electrons. The van der Waals surface area contributed by atoms with E-state index >= 15 is 0 Å². The Morgan fingerprint density at radius 3 is 2.21 bits per heavy atom. The molecule has 29 heavy (non-hydrogen) atoms. The normalized spacial score (nSPS) is 10.9. The minimum Gasteiger partial charge on any atom is -0.452 e. The van der Waals surface area contributed by atoms with Gasteiger partial charge in [0.05, 0.1) is 0 Å². The number of halogens is 1. The number of benzene rings is 3. The van der Waals surface area contributed by atoms with Crippen LogP contribution in [0.15, 0.2) is 71.1 Å². The number of furan rings is 1. The maximum atomic E-state index is 12.8. The van der Waals surface area contributed by atoms with Crippen molar-refractivity contribution in [3.63, 3.8) is 0 Å². The molecule has 0 unspecified atom stereocenters. The second-order valence-corrected chi connectivity index (χ2v) is 7.36. The van der Waals surface area contributed by atoms with Gasteiger partial charge in [-0.05, 0) is 62.4 Å². The van der Waals surface area contributed by atoms with Crippen LogP contribution in [0.1, 0.15) is 37.6 Å². The molecule has 1 heterocycles. The summed E-state index contributed by atoms with van der Waals surface area (Å²) in [5.41, 5.74) is 4.07. The van der Waals surface area contributed by atoms with Gasteiger partial charge in [-0.1, -0.05) is 29.3 Å². The second kappa shape index (κ2) is 7.57. The third-order valence-corrected chi connectivity index (χ3v) is 5.07. The summed E-state index contributed by atoms with van der Waals surface area (Å²) in [4.78, 5) is 25.3. The van der Waals surface area contributed by atoms with Crippen LogP contribution in [0.5, 0.6) is 0 Å². The lowest BCUT2D eigenvalue weighted by Gasteiger charge is -2.05. The fourth-order valence-corrected chi connectivity index (χ4v) is 3.29. The van der Waals surface area contributed by atoms with Crippen LogP contribution >= 0.6 is 11.6 Å². The number of fused-ring (bicyclic) bond motifs is 1. The molecule has 0 saturated heterocycles. The van der Waals surface area contributed by atoms with Crippen LogP contribution in [-0.4, -0.2) is 11.7 Å². The fraction of sp³-hybridized carbons (Fsp3) is 0.0833. The molecule has 0 aliphatic carbocycles. The van der Waals surface area contributed by atoms with Gasteiger partial charge in [-0.25, -0.2) is 0 Å². The highest BCUT2D eigenvalue weighted by atomic mass is 35.5. The SMILES string of the molecule is Cc1ccc(C(=O)Nc2ccc3c(C)c(C(=O)c4ccc(Cl)cc4)oc3c2)cc1. The number of amides is 1. The topological polar surface area (TPSA) is 59.3 Å². The summed E-state index contributed by atoms with van der Waals surface area (Å²) in [7, 11) is 0. The zero-order chi connectivity index (χ0) is 20.5. The lowest BCUT2D eigenvalue weighted by atomic mass is 10.0. The quantitative estimate of drug-likeness (QED) is 0.413. The van der Waals surface area contributed by atoms with Crippen molar-refractivity contribution >= 4 is 39.9 Å². The average Bonchev–Trinajstić information content (AvgIpc) is 3.04. The summed E-state index contributed by atoms with van der Waals surface area (Å²) in [6, 6.07) is 19.4. The highest BCUT2D eigenvalue weighted by molar-refractivity contribution is 6.30. The van der Waals surface area contributed by atoms with E-state index in [2.05, 4.69) is 5.32 Å². The van der Waals surface area contributed by atoms with Gasteiger partial charge in [0, 0.05) is 38.9 Å². The number of carbonyl (C=O) groups excluding carboxylic acids is 2. The molecule has 4 rings (SSSR count). The van der Waals surface area contributed by atoms with E-state index in [-0.39, 0.29) is 17.5 Å². The van der Waals surface area contributed by atoms with Gasteiger partial charge in [-0.15, -0.1) is 0 Å². The molecule has 0 fully saturated rings. The average molecular weight is 404 g/mol. The Morgan fingerprint density at radius 2 is 1.52 bits per heavy atom. The molecule has 0 bridgehead atoms. The van der Waals surface area contributed by atoms with E-state index in [1.165, 1.54) is 0 Å². The van der Waals surface area contributed by atoms with Gasteiger partial charge in [-0.3, -0.25) is 9.59 Å². The predicted molar refractivity (Wildman–Crippen MR) is 115 cm³/mol. The highest BCUT2D eigenvalue weighted by Gasteiger charge is 2.19. The number of anilines is 1. The molecule has 1 aromatic heterocycles. The molecule has 4 aromatic rings. The van der Waals surface area contributed by atoms with E-state index in [1.807, 2.05) is 32.0 Å². The molecule has 0 aliphatic heterocycles. The summed E-state index contributed by atoms with van der Waals surface area (Å²) in [6.45, 7) is 3.82. The zero-order valence-electron chi connectivity index (χ0n) is 16.0. The van der Waals surface area contributed by atoms with Crippen LogP contribution in [0.3, 0.4) is 0 Å². The second-order valence-electron chi connectivity index (χ2n) is 6.92. The van der Waals surface area contributed by atoms with Crippen LogP contribution in [0.4, 0.5) is 5.69 Å². The Balaban J connectivity index is 1.63. The Bertz CT molecular complexity index is 1220. The number of nitrogens with one attached hydrogen (secondary N) is 1. The molecule has 3 aromatic carbocycles. The number of rotatable bonds is 4. The molecule has 0 spiro atoms. The summed E-state index contributed by atoms with van der Waals surface area (Å²) >= 11 is 5.90. The highest BCUT2D eigenvalue weighted by Crippen LogP contribution is 2.29. The van der Waals surface area contributed by atoms with Crippen LogP contribution in [0.2, 0.25) is 5.02 Å². The van der Waals surface area contributed by atoms with Gasteiger partial charge in [0.25, 0.3) is 5.91 Å². The Labute approximate surface area is 173 Å². The monoisotopic (exact) mass is 403 g/mol. The van der Waals surface area contributed by atoms with Crippen LogP contribution in [-0.2, 0) is 0 Å². The first kappa shape index (κ1) is 19.0. The first-order valence-corrected chi connectivity index (χ1v) is 9.51. The maximum Gasteiger partial charge on any atom is 0.255 e. The van der Waals surface area contributed by atoms with Crippen LogP contribution < -0.4 is 5.32 Å². The van der Waals surface area contributed by atoms with Crippen LogP contribution in [0, 0.1) is 13.8 Å². The molecule has 1 N–H and O–H groups in total. The van der Waals surface area contributed by atoms with Crippen molar-refractivity contribution in [3.05, 3.63) is 99.8 Å². The Morgan fingerprint density at radius 1 is 0.862 bits per heavy atom. The van der Waals surface area contributed by atoms with E-state index in [9.17, 15) is 9.59 Å². The largest absolute Gasteiger partial charge is 0.452 e. The summed E-state index contributed by atoms with van der Waals surface area (Å²) in [5, 5.41) is 4.26. The maximum absolute atomic E-state index is 12.8. The molecule has 0 saturated carbocycles. The van der Waals surface area contributed by atoms with Gasteiger partial charge in [0.1, 0.15) is 5.58 Å². The van der Waals surface area contributed by atoms with Crippen molar-refractivity contribution in [1.29, 1.82) is 0 Å². The molecular formula is C24H18ClNO3.